The highest BCUT2D eigenvalue weighted by Gasteiger charge is 2.18. The van der Waals surface area contributed by atoms with Crippen molar-refractivity contribution in [1.82, 2.24) is 9.97 Å². The summed E-state index contributed by atoms with van der Waals surface area (Å²) in [6.07, 6.45) is 0. The van der Waals surface area contributed by atoms with Crippen molar-refractivity contribution in [2.45, 2.75) is 13.0 Å². The molecule has 2 rings (SSSR count). The normalized spacial score (nSPS) is 12.2. The quantitative estimate of drug-likeness (QED) is 0.877. The maximum atomic E-state index is 12.9. The molecule has 0 aliphatic carbocycles. The van der Waals surface area contributed by atoms with Gasteiger partial charge in [-0.05, 0) is 37.3 Å². The minimum Gasteiger partial charge on any atom is -0.480 e. The second-order valence-electron chi connectivity index (χ2n) is 4.08. The Bertz CT molecular complexity index is 614. The summed E-state index contributed by atoms with van der Waals surface area (Å²) in [5.74, 6) is -1.51. The SMILES string of the molecule is Cc1cc(-c2ccc(F)cc2)nc(C(N)C(=O)O)n1. The summed E-state index contributed by atoms with van der Waals surface area (Å²) in [5.41, 5.74) is 7.28. The third-order valence-corrected chi connectivity index (χ3v) is 2.56. The number of halogens is 1. The Morgan fingerprint density at radius 1 is 1.32 bits per heavy atom. The third-order valence-electron chi connectivity index (χ3n) is 2.56. The molecular formula is C13H12FN3O2. The number of aromatic nitrogens is 2. The highest BCUT2D eigenvalue weighted by molar-refractivity contribution is 5.74. The zero-order chi connectivity index (χ0) is 14.0. The zero-order valence-corrected chi connectivity index (χ0v) is 10.2. The van der Waals surface area contributed by atoms with Crippen molar-refractivity contribution in [3.63, 3.8) is 0 Å². The summed E-state index contributed by atoms with van der Waals surface area (Å²) in [4.78, 5) is 19.0. The molecule has 19 heavy (non-hydrogen) atoms. The van der Waals surface area contributed by atoms with Gasteiger partial charge in [-0.2, -0.15) is 0 Å². The van der Waals surface area contributed by atoms with E-state index >= 15 is 0 Å². The van der Waals surface area contributed by atoms with E-state index in [0.717, 1.165) is 0 Å². The highest BCUT2D eigenvalue weighted by atomic mass is 19.1. The topological polar surface area (TPSA) is 89.1 Å². The third kappa shape index (κ3) is 2.92. The number of hydrogen-bond acceptors (Lipinski definition) is 4. The Labute approximate surface area is 108 Å². The molecule has 0 bridgehead atoms. The van der Waals surface area contributed by atoms with Crippen LogP contribution >= 0.6 is 0 Å². The van der Waals surface area contributed by atoms with E-state index in [2.05, 4.69) is 9.97 Å². The Morgan fingerprint density at radius 3 is 2.53 bits per heavy atom. The van der Waals surface area contributed by atoms with Crippen LogP contribution in [0.4, 0.5) is 4.39 Å². The molecule has 0 radical (unpaired) electrons. The number of carboxylic acids is 1. The largest absolute Gasteiger partial charge is 0.480 e. The van der Waals surface area contributed by atoms with Crippen molar-refractivity contribution in [1.29, 1.82) is 0 Å². The molecule has 1 aromatic carbocycles. The first-order valence-electron chi connectivity index (χ1n) is 5.57. The van der Waals surface area contributed by atoms with Crippen molar-refractivity contribution in [2.75, 3.05) is 0 Å². The van der Waals surface area contributed by atoms with Crippen LogP contribution in [0, 0.1) is 12.7 Å². The van der Waals surface area contributed by atoms with Crippen LogP contribution in [0.3, 0.4) is 0 Å². The molecule has 1 atom stereocenters. The minimum absolute atomic E-state index is 0.0341. The van der Waals surface area contributed by atoms with E-state index in [-0.39, 0.29) is 11.6 Å². The van der Waals surface area contributed by atoms with Crippen LogP contribution in [-0.2, 0) is 4.79 Å². The predicted molar refractivity (Wildman–Crippen MR) is 66.7 cm³/mol. The maximum Gasteiger partial charge on any atom is 0.328 e. The molecule has 0 amide bonds. The Morgan fingerprint density at radius 2 is 1.95 bits per heavy atom. The molecule has 6 heteroatoms. The molecule has 2 aromatic rings. The number of hydrogen-bond donors (Lipinski definition) is 2. The molecule has 0 saturated carbocycles. The monoisotopic (exact) mass is 261 g/mol. The average Bonchev–Trinajstić information content (AvgIpc) is 2.37. The lowest BCUT2D eigenvalue weighted by atomic mass is 10.1. The Hall–Kier alpha value is -2.34. The van der Waals surface area contributed by atoms with E-state index in [4.69, 9.17) is 10.8 Å². The van der Waals surface area contributed by atoms with Crippen molar-refractivity contribution < 1.29 is 14.3 Å². The van der Waals surface area contributed by atoms with E-state index in [0.29, 0.717) is 17.0 Å². The van der Waals surface area contributed by atoms with Gasteiger partial charge in [0.1, 0.15) is 5.82 Å². The number of benzene rings is 1. The Kier molecular flexibility index (Phi) is 3.52. The van der Waals surface area contributed by atoms with E-state index in [1.165, 1.54) is 12.1 Å². The standard InChI is InChI=1S/C13H12FN3O2/c1-7-6-10(8-2-4-9(14)5-3-8)17-12(16-7)11(15)13(18)19/h2-6,11H,15H2,1H3,(H,18,19). The van der Waals surface area contributed by atoms with Gasteiger partial charge >= 0.3 is 5.97 Å². The molecule has 0 fully saturated rings. The van der Waals surface area contributed by atoms with Gasteiger partial charge in [0.2, 0.25) is 0 Å². The van der Waals surface area contributed by atoms with Crippen LogP contribution in [0.2, 0.25) is 0 Å². The van der Waals surface area contributed by atoms with Gasteiger partial charge in [-0.25, -0.2) is 14.4 Å². The van der Waals surface area contributed by atoms with E-state index in [9.17, 15) is 9.18 Å². The van der Waals surface area contributed by atoms with Crippen LogP contribution in [0.1, 0.15) is 17.6 Å². The van der Waals surface area contributed by atoms with Gasteiger partial charge in [-0.3, -0.25) is 4.79 Å². The molecular weight excluding hydrogens is 249 g/mol. The van der Waals surface area contributed by atoms with Gasteiger partial charge in [-0.15, -0.1) is 0 Å². The van der Waals surface area contributed by atoms with Crippen molar-refractivity contribution >= 4 is 5.97 Å². The number of nitrogens with zero attached hydrogens (tertiary/aromatic N) is 2. The lowest BCUT2D eigenvalue weighted by Gasteiger charge is -2.09. The molecule has 0 saturated heterocycles. The summed E-state index contributed by atoms with van der Waals surface area (Å²) < 4.78 is 12.9. The molecule has 0 spiro atoms. The second kappa shape index (κ2) is 5.11. The first-order chi connectivity index (χ1) is 8.97. The van der Waals surface area contributed by atoms with Gasteiger partial charge in [0.25, 0.3) is 0 Å². The summed E-state index contributed by atoms with van der Waals surface area (Å²) in [6, 6.07) is 6.15. The summed E-state index contributed by atoms with van der Waals surface area (Å²) in [5, 5.41) is 8.87. The van der Waals surface area contributed by atoms with Gasteiger partial charge in [0, 0.05) is 11.3 Å². The van der Waals surface area contributed by atoms with Crippen molar-refractivity contribution in [2.24, 2.45) is 5.73 Å². The van der Waals surface area contributed by atoms with E-state index in [1.807, 2.05) is 0 Å². The number of carbonyl (C=O) groups is 1. The number of aryl methyl sites for hydroxylation is 1. The molecule has 1 heterocycles. The van der Waals surface area contributed by atoms with Crippen LogP contribution in [-0.4, -0.2) is 21.0 Å². The van der Waals surface area contributed by atoms with Crippen LogP contribution in [0.25, 0.3) is 11.3 Å². The minimum atomic E-state index is -1.28. The molecule has 5 nitrogen and oxygen atoms in total. The van der Waals surface area contributed by atoms with E-state index in [1.54, 1.807) is 25.1 Å². The maximum absolute atomic E-state index is 12.9. The number of aliphatic carboxylic acids is 1. The number of carboxylic acid groups (broad SMARTS) is 1. The molecule has 0 aliphatic rings. The van der Waals surface area contributed by atoms with E-state index < -0.39 is 12.0 Å². The first-order valence-corrected chi connectivity index (χ1v) is 5.57. The van der Waals surface area contributed by atoms with Crippen LogP contribution < -0.4 is 5.73 Å². The van der Waals surface area contributed by atoms with Gasteiger partial charge < -0.3 is 10.8 Å². The predicted octanol–water partition coefficient (Wildman–Crippen LogP) is 1.68. The first kappa shape index (κ1) is 13.1. The van der Waals surface area contributed by atoms with Crippen LogP contribution in [0.15, 0.2) is 30.3 Å². The molecule has 1 unspecified atom stereocenters. The van der Waals surface area contributed by atoms with Crippen LogP contribution in [0.5, 0.6) is 0 Å². The number of nitrogens with two attached hydrogens (primary N) is 1. The van der Waals surface area contributed by atoms with Gasteiger partial charge in [0.05, 0.1) is 5.69 Å². The lowest BCUT2D eigenvalue weighted by Crippen LogP contribution is -2.23. The smallest absolute Gasteiger partial charge is 0.328 e. The average molecular weight is 261 g/mol. The fraction of sp³-hybridized carbons (Fsp3) is 0.154. The zero-order valence-electron chi connectivity index (χ0n) is 10.2. The van der Waals surface area contributed by atoms with Gasteiger partial charge in [-0.1, -0.05) is 0 Å². The van der Waals surface area contributed by atoms with Gasteiger partial charge in [0.15, 0.2) is 11.9 Å². The Balaban J connectivity index is 2.47. The fourth-order valence-electron chi connectivity index (χ4n) is 1.61. The summed E-state index contributed by atoms with van der Waals surface area (Å²) in [7, 11) is 0. The molecule has 3 N–H and O–H groups in total. The molecule has 1 aromatic heterocycles. The summed E-state index contributed by atoms with van der Waals surface area (Å²) in [6.45, 7) is 1.72. The highest BCUT2D eigenvalue weighted by Crippen LogP contribution is 2.19. The summed E-state index contributed by atoms with van der Waals surface area (Å²) >= 11 is 0. The van der Waals surface area contributed by atoms with Crippen molar-refractivity contribution in [3.05, 3.63) is 47.7 Å². The van der Waals surface area contributed by atoms with Crippen molar-refractivity contribution in [3.8, 4) is 11.3 Å². The molecule has 0 aliphatic heterocycles. The number of rotatable bonds is 3. The molecule has 98 valence electrons. The second-order valence-corrected chi connectivity index (χ2v) is 4.08. The lowest BCUT2D eigenvalue weighted by molar-refractivity contribution is -0.138. The fourth-order valence-corrected chi connectivity index (χ4v) is 1.61.